The molecule has 4 N–H and O–H groups in total. The Bertz CT molecular complexity index is 369. The van der Waals surface area contributed by atoms with Gasteiger partial charge in [-0.1, -0.05) is 0 Å². The maximum atomic E-state index is 11.6. The molecule has 1 fully saturated rings. The number of nitrogens with zero attached hydrogens (tertiary/aromatic N) is 2. The fourth-order valence-corrected chi connectivity index (χ4v) is 1.64. The van der Waals surface area contributed by atoms with Gasteiger partial charge in [0.15, 0.2) is 0 Å². The Kier molecular flexibility index (Phi) is 3.21. The Hall–Kier alpha value is -1.40. The number of amides is 1. The number of aromatic nitrogens is 2. The van der Waals surface area contributed by atoms with Crippen LogP contribution in [0.4, 0.5) is 5.82 Å². The van der Waals surface area contributed by atoms with Gasteiger partial charge in [0, 0.05) is 31.6 Å². The lowest BCUT2D eigenvalue weighted by Gasteiger charge is -2.28. The summed E-state index contributed by atoms with van der Waals surface area (Å²) in [4.78, 5) is 11.6. The van der Waals surface area contributed by atoms with Crippen LogP contribution in [0.25, 0.3) is 0 Å². The van der Waals surface area contributed by atoms with Crippen LogP contribution < -0.4 is 16.4 Å². The van der Waals surface area contributed by atoms with Gasteiger partial charge in [-0.25, -0.2) is 4.68 Å². The van der Waals surface area contributed by atoms with Gasteiger partial charge < -0.3 is 16.4 Å². The number of nitrogens with two attached hydrogens (primary N) is 1. The molecule has 6 heteroatoms. The largest absolute Gasteiger partial charge is 0.327 e. The summed E-state index contributed by atoms with van der Waals surface area (Å²) >= 11 is 0. The standard InChI is InChI=1S/C10H17N5O/c1-7(11)4-10(16)14-9-2-3-13-15(9)8-5-12-6-8/h2-3,7-8,12H,4-6,11H2,1H3,(H,14,16). The molecule has 1 atom stereocenters. The number of hydrogen-bond acceptors (Lipinski definition) is 4. The molecule has 0 radical (unpaired) electrons. The molecule has 1 aliphatic heterocycles. The molecule has 0 aromatic carbocycles. The van der Waals surface area contributed by atoms with E-state index in [4.69, 9.17) is 5.73 Å². The molecule has 16 heavy (non-hydrogen) atoms. The van der Waals surface area contributed by atoms with Gasteiger partial charge in [-0.3, -0.25) is 4.79 Å². The summed E-state index contributed by atoms with van der Waals surface area (Å²) in [6, 6.07) is 2.03. The van der Waals surface area contributed by atoms with Crippen LogP contribution in [0.15, 0.2) is 12.3 Å². The fourth-order valence-electron chi connectivity index (χ4n) is 1.64. The first-order valence-corrected chi connectivity index (χ1v) is 5.46. The van der Waals surface area contributed by atoms with Gasteiger partial charge in [0.05, 0.1) is 12.2 Å². The molecule has 0 bridgehead atoms. The molecule has 0 aliphatic carbocycles. The van der Waals surface area contributed by atoms with E-state index in [2.05, 4.69) is 15.7 Å². The van der Waals surface area contributed by atoms with Crippen molar-refractivity contribution >= 4 is 11.7 Å². The Morgan fingerprint density at radius 2 is 2.56 bits per heavy atom. The average Bonchev–Trinajstić information content (AvgIpc) is 2.48. The Balaban J connectivity index is 1.98. The molecule has 1 aromatic heterocycles. The lowest BCUT2D eigenvalue weighted by Crippen LogP contribution is -2.44. The van der Waals surface area contributed by atoms with Crippen molar-refractivity contribution in [1.29, 1.82) is 0 Å². The van der Waals surface area contributed by atoms with E-state index in [-0.39, 0.29) is 11.9 Å². The second kappa shape index (κ2) is 4.63. The van der Waals surface area contributed by atoms with Gasteiger partial charge in [-0.2, -0.15) is 5.10 Å². The van der Waals surface area contributed by atoms with E-state index < -0.39 is 0 Å². The van der Waals surface area contributed by atoms with Gasteiger partial charge in [-0.05, 0) is 6.92 Å². The van der Waals surface area contributed by atoms with Crippen molar-refractivity contribution < 1.29 is 4.79 Å². The van der Waals surface area contributed by atoms with Crippen molar-refractivity contribution in [2.24, 2.45) is 5.73 Å². The van der Waals surface area contributed by atoms with Crippen molar-refractivity contribution in [3.63, 3.8) is 0 Å². The highest BCUT2D eigenvalue weighted by atomic mass is 16.1. The maximum absolute atomic E-state index is 11.6. The highest BCUT2D eigenvalue weighted by molar-refractivity contribution is 5.90. The monoisotopic (exact) mass is 223 g/mol. The minimum absolute atomic E-state index is 0.0657. The normalized spacial score (nSPS) is 17.9. The minimum atomic E-state index is -0.123. The lowest BCUT2D eigenvalue weighted by atomic mass is 10.2. The van der Waals surface area contributed by atoms with E-state index >= 15 is 0 Å². The topological polar surface area (TPSA) is 85.0 Å². The molecule has 1 aliphatic rings. The summed E-state index contributed by atoms with van der Waals surface area (Å²) in [7, 11) is 0. The molecular weight excluding hydrogens is 206 g/mol. The molecule has 1 unspecified atom stereocenters. The van der Waals surface area contributed by atoms with E-state index in [9.17, 15) is 4.79 Å². The van der Waals surface area contributed by atoms with E-state index in [0.29, 0.717) is 12.5 Å². The maximum Gasteiger partial charge on any atom is 0.227 e. The van der Waals surface area contributed by atoms with Gasteiger partial charge in [0.25, 0.3) is 0 Å². The molecule has 2 rings (SSSR count). The van der Waals surface area contributed by atoms with Crippen LogP contribution in [0.1, 0.15) is 19.4 Å². The van der Waals surface area contributed by atoms with Crippen molar-refractivity contribution in [3.8, 4) is 0 Å². The molecule has 2 heterocycles. The fraction of sp³-hybridized carbons (Fsp3) is 0.600. The first-order valence-electron chi connectivity index (χ1n) is 5.46. The van der Waals surface area contributed by atoms with E-state index in [1.807, 2.05) is 11.6 Å². The van der Waals surface area contributed by atoms with E-state index in [1.165, 1.54) is 0 Å². The second-order valence-corrected chi connectivity index (χ2v) is 4.20. The number of hydrogen-bond donors (Lipinski definition) is 3. The predicted octanol–water partition coefficient (Wildman–Crippen LogP) is -0.297. The molecule has 1 aromatic rings. The van der Waals surface area contributed by atoms with E-state index in [0.717, 1.165) is 18.9 Å². The van der Waals surface area contributed by atoms with Crippen molar-refractivity contribution in [1.82, 2.24) is 15.1 Å². The summed E-state index contributed by atoms with van der Waals surface area (Å²) in [5.74, 6) is 0.682. The Morgan fingerprint density at radius 1 is 1.81 bits per heavy atom. The highest BCUT2D eigenvalue weighted by Gasteiger charge is 2.22. The third-order valence-electron chi connectivity index (χ3n) is 2.55. The van der Waals surface area contributed by atoms with Crippen LogP contribution in [-0.4, -0.2) is 34.8 Å². The molecule has 88 valence electrons. The molecule has 6 nitrogen and oxygen atoms in total. The van der Waals surface area contributed by atoms with Crippen LogP contribution in [0, 0.1) is 0 Å². The van der Waals surface area contributed by atoms with Crippen molar-refractivity contribution in [2.45, 2.75) is 25.4 Å². The first-order chi connectivity index (χ1) is 7.66. The smallest absolute Gasteiger partial charge is 0.227 e. The average molecular weight is 223 g/mol. The summed E-state index contributed by atoms with van der Waals surface area (Å²) in [5, 5.41) is 10.2. The summed E-state index contributed by atoms with van der Waals surface area (Å²) in [6.07, 6.45) is 2.02. The van der Waals surface area contributed by atoms with E-state index in [1.54, 1.807) is 12.3 Å². The Morgan fingerprint density at radius 3 is 3.12 bits per heavy atom. The lowest BCUT2D eigenvalue weighted by molar-refractivity contribution is -0.116. The van der Waals surface area contributed by atoms with Crippen LogP contribution in [0.2, 0.25) is 0 Å². The van der Waals surface area contributed by atoms with Crippen LogP contribution >= 0.6 is 0 Å². The Labute approximate surface area is 94.2 Å². The predicted molar refractivity (Wildman–Crippen MR) is 61.0 cm³/mol. The number of carbonyl (C=O) groups is 1. The van der Waals surface area contributed by atoms with Crippen LogP contribution in [-0.2, 0) is 4.79 Å². The summed E-state index contributed by atoms with van der Waals surface area (Å²) < 4.78 is 1.84. The second-order valence-electron chi connectivity index (χ2n) is 4.20. The number of nitrogens with one attached hydrogen (secondary N) is 2. The van der Waals surface area contributed by atoms with Gasteiger partial charge in [0.2, 0.25) is 5.91 Å². The molecule has 0 spiro atoms. The number of rotatable bonds is 4. The molecule has 1 saturated heterocycles. The first kappa shape index (κ1) is 11.1. The number of anilines is 1. The van der Waals surface area contributed by atoms with Crippen molar-refractivity contribution in [3.05, 3.63) is 12.3 Å². The molecular formula is C10H17N5O. The third-order valence-corrected chi connectivity index (χ3v) is 2.55. The van der Waals surface area contributed by atoms with Crippen LogP contribution in [0.5, 0.6) is 0 Å². The summed E-state index contributed by atoms with van der Waals surface area (Å²) in [5.41, 5.74) is 5.56. The number of carbonyl (C=O) groups excluding carboxylic acids is 1. The molecule has 1 amide bonds. The molecule has 0 saturated carbocycles. The highest BCUT2D eigenvalue weighted by Crippen LogP contribution is 2.17. The zero-order chi connectivity index (χ0) is 11.5. The zero-order valence-electron chi connectivity index (χ0n) is 9.31. The van der Waals surface area contributed by atoms with Gasteiger partial charge in [0.1, 0.15) is 5.82 Å². The van der Waals surface area contributed by atoms with Gasteiger partial charge in [-0.15, -0.1) is 0 Å². The quantitative estimate of drug-likeness (QED) is 0.654. The van der Waals surface area contributed by atoms with Gasteiger partial charge >= 0.3 is 0 Å². The summed E-state index contributed by atoms with van der Waals surface area (Å²) in [6.45, 7) is 3.61. The SMILES string of the molecule is CC(N)CC(=O)Nc1ccnn1C1CNC1. The third kappa shape index (κ3) is 2.40. The van der Waals surface area contributed by atoms with Crippen molar-refractivity contribution in [2.75, 3.05) is 18.4 Å². The minimum Gasteiger partial charge on any atom is -0.327 e. The zero-order valence-corrected chi connectivity index (χ0v) is 9.31. The van der Waals surface area contributed by atoms with Crippen LogP contribution in [0.3, 0.4) is 0 Å².